The number of aromatic amines is 1. The van der Waals surface area contributed by atoms with Crippen LogP contribution in [0.15, 0.2) is 85.3 Å². The van der Waals surface area contributed by atoms with E-state index in [0.717, 1.165) is 18.4 Å². The van der Waals surface area contributed by atoms with Crippen molar-refractivity contribution < 1.29 is 28.2 Å². The molecule has 11 heteroatoms. The van der Waals surface area contributed by atoms with E-state index in [4.69, 9.17) is 15.2 Å². The highest BCUT2D eigenvalue weighted by atomic mass is 19.1. The lowest BCUT2D eigenvalue weighted by Gasteiger charge is -2.51. The van der Waals surface area contributed by atoms with Crippen LogP contribution in [0.3, 0.4) is 0 Å². The zero-order chi connectivity index (χ0) is 33.4. The summed E-state index contributed by atoms with van der Waals surface area (Å²) in [6, 6.07) is 19.3. The van der Waals surface area contributed by atoms with Gasteiger partial charge in [-0.05, 0) is 53.4 Å². The summed E-state index contributed by atoms with van der Waals surface area (Å²) in [7, 11) is 1.57. The Labute approximate surface area is 273 Å². The van der Waals surface area contributed by atoms with E-state index in [1.807, 2.05) is 18.2 Å². The van der Waals surface area contributed by atoms with E-state index in [1.165, 1.54) is 18.5 Å². The third kappa shape index (κ3) is 7.86. The number of nitrogens with zero attached hydrogens (tertiary/aromatic N) is 2. The molecule has 5 rings (SSSR count). The van der Waals surface area contributed by atoms with Crippen LogP contribution in [0.1, 0.15) is 58.4 Å². The van der Waals surface area contributed by atoms with E-state index in [9.17, 15) is 18.8 Å². The molecule has 1 saturated heterocycles. The second-order valence-corrected chi connectivity index (χ2v) is 11.8. The molecular formula is C36H40FN5O5. The Kier molecular flexibility index (Phi) is 10.7. The average Bonchev–Trinajstić information content (AvgIpc) is 3.58. The van der Waals surface area contributed by atoms with E-state index in [1.54, 1.807) is 60.7 Å². The van der Waals surface area contributed by atoms with Crippen LogP contribution in [0, 0.1) is 5.82 Å². The van der Waals surface area contributed by atoms with Gasteiger partial charge in [-0.3, -0.25) is 14.4 Å². The summed E-state index contributed by atoms with van der Waals surface area (Å²) >= 11 is 0. The summed E-state index contributed by atoms with van der Waals surface area (Å²) in [6.45, 7) is 2.93. The fraction of sp³-hybridized carbons (Fsp3) is 0.333. The number of ether oxygens (including phenoxy) is 2. The van der Waals surface area contributed by atoms with Crippen molar-refractivity contribution in [2.75, 3.05) is 26.8 Å². The van der Waals surface area contributed by atoms with E-state index in [0.29, 0.717) is 29.2 Å². The Hall–Kier alpha value is -5.03. The van der Waals surface area contributed by atoms with Crippen LogP contribution in [0.25, 0.3) is 0 Å². The number of methoxy groups -OCH3 is 1. The van der Waals surface area contributed by atoms with Crippen molar-refractivity contribution in [1.29, 1.82) is 0 Å². The Morgan fingerprint density at radius 2 is 1.83 bits per heavy atom. The molecule has 3 aromatic carbocycles. The van der Waals surface area contributed by atoms with Crippen molar-refractivity contribution in [2.45, 2.75) is 50.2 Å². The van der Waals surface area contributed by atoms with Crippen LogP contribution in [-0.2, 0) is 32.8 Å². The van der Waals surface area contributed by atoms with Gasteiger partial charge in [0.25, 0.3) is 0 Å². The zero-order valence-electron chi connectivity index (χ0n) is 26.6. The minimum atomic E-state index is -0.956. The van der Waals surface area contributed by atoms with Crippen molar-refractivity contribution in [1.82, 2.24) is 20.2 Å². The molecule has 47 heavy (non-hydrogen) atoms. The molecule has 2 heterocycles. The number of nitrogens with one attached hydrogen (secondary N) is 2. The van der Waals surface area contributed by atoms with Gasteiger partial charge in [-0.25, -0.2) is 9.37 Å². The van der Waals surface area contributed by atoms with Gasteiger partial charge < -0.3 is 30.4 Å². The summed E-state index contributed by atoms with van der Waals surface area (Å²) in [5.74, 6) is -1.98. The first-order chi connectivity index (χ1) is 22.7. The Balaban J connectivity index is 1.43. The fourth-order valence-corrected chi connectivity index (χ4v) is 5.94. The number of aromatic nitrogens is 2. The van der Waals surface area contributed by atoms with Crippen LogP contribution >= 0.6 is 0 Å². The monoisotopic (exact) mass is 641 g/mol. The van der Waals surface area contributed by atoms with Crippen LogP contribution in [0.4, 0.5) is 4.39 Å². The standard InChI is InChI=1S/C36H40FN5O5/c1-3-4-16-47-36(25-8-7-9-26(37)18-25)21-42(22-36)35(45)32(17-24-12-14-28(46-2)15-13-24)41-34(44)31(19-27-20-39-23-40-27)29-10-5-6-11-30(29)33(38)43/h5-15,18,20,23,31-32H,3-4,16-17,19,21-22H2,1-2H3,(H2,38,43)(H,39,40)(H,41,44)/t31-,32-/m0/s1. The highest BCUT2D eigenvalue weighted by Crippen LogP contribution is 2.37. The fourth-order valence-electron chi connectivity index (χ4n) is 5.94. The molecular weight excluding hydrogens is 601 g/mol. The topological polar surface area (TPSA) is 140 Å². The number of amides is 3. The van der Waals surface area contributed by atoms with Gasteiger partial charge in [0.2, 0.25) is 17.7 Å². The zero-order valence-corrected chi connectivity index (χ0v) is 26.6. The van der Waals surface area contributed by atoms with Crippen LogP contribution in [-0.4, -0.2) is 65.4 Å². The first-order valence-electron chi connectivity index (χ1n) is 15.7. The minimum Gasteiger partial charge on any atom is -0.497 e. The summed E-state index contributed by atoms with van der Waals surface area (Å²) < 4.78 is 25.9. The van der Waals surface area contributed by atoms with Gasteiger partial charge in [-0.1, -0.05) is 55.8 Å². The first-order valence-corrected chi connectivity index (χ1v) is 15.7. The largest absolute Gasteiger partial charge is 0.497 e. The molecule has 246 valence electrons. The lowest BCUT2D eigenvalue weighted by Crippen LogP contribution is -2.66. The predicted molar refractivity (Wildman–Crippen MR) is 174 cm³/mol. The summed E-state index contributed by atoms with van der Waals surface area (Å²) in [5.41, 5.74) is 7.65. The van der Waals surface area contributed by atoms with Crippen molar-refractivity contribution in [3.63, 3.8) is 0 Å². The molecule has 0 spiro atoms. The van der Waals surface area contributed by atoms with Crippen LogP contribution in [0.5, 0.6) is 5.75 Å². The molecule has 4 aromatic rings. The first kappa shape index (κ1) is 33.3. The van der Waals surface area contributed by atoms with E-state index >= 15 is 0 Å². The van der Waals surface area contributed by atoms with Gasteiger partial charge in [0.05, 0.1) is 32.4 Å². The maximum atomic E-state index is 14.3. The maximum Gasteiger partial charge on any atom is 0.249 e. The number of benzene rings is 3. The normalized spacial score (nSPS) is 14.9. The summed E-state index contributed by atoms with van der Waals surface area (Å²) in [5, 5.41) is 3.00. The number of primary amides is 1. The highest BCUT2D eigenvalue weighted by Gasteiger charge is 2.49. The number of carbonyl (C=O) groups excluding carboxylic acids is 3. The molecule has 4 N–H and O–H groups in total. The predicted octanol–water partition coefficient (Wildman–Crippen LogP) is 4.26. The highest BCUT2D eigenvalue weighted by molar-refractivity contribution is 5.98. The number of carbonyl (C=O) groups is 3. The second kappa shape index (κ2) is 15.0. The van der Waals surface area contributed by atoms with Crippen molar-refractivity contribution >= 4 is 17.7 Å². The van der Waals surface area contributed by atoms with Crippen LogP contribution in [0.2, 0.25) is 0 Å². The Bertz CT molecular complexity index is 1670. The molecule has 0 radical (unpaired) electrons. The number of halogens is 1. The number of unbranched alkanes of at least 4 members (excludes halogenated alkanes) is 1. The van der Waals surface area contributed by atoms with Crippen molar-refractivity contribution in [3.8, 4) is 5.75 Å². The molecule has 2 atom stereocenters. The van der Waals surface area contributed by atoms with Crippen LogP contribution < -0.4 is 15.8 Å². The van der Waals surface area contributed by atoms with Gasteiger partial charge >= 0.3 is 0 Å². The third-order valence-corrected chi connectivity index (χ3v) is 8.54. The maximum absolute atomic E-state index is 14.3. The number of nitrogens with two attached hydrogens (primary N) is 1. The van der Waals surface area contributed by atoms with E-state index in [2.05, 4.69) is 22.2 Å². The number of hydrogen-bond acceptors (Lipinski definition) is 6. The number of hydrogen-bond donors (Lipinski definition) is 3. The number of likely N-dealkylation sites (tertiary alicyclic amines) is 1. The quantitative estimate of drug-likeness (QED) is 0.166. The smallest absolute Gasteiger partial charge is 0.249 e. The molecule has 1 aromatic heterocycles. The van der Waals surface area contributed by atoms with Gasteiger partial charge in [0.15, 0.2) is 0 Å². The third-order valence-electron chi connectivity index (χ3n) is 8.54. The van der Waals surface area contributed by atoms with Gasteiger partial charge in [0.1, 0.15) is 23.2 Å². The van der Waals surface area contributed by atoms with E-state index in [-0.39, 0.29) is 43.2 Å². The van der Waals surface area contributed by atoms with Gasteiger partial charge in [-0.2, -0.15) is 0 Å². The number of H-pyrrole nitrogens is 1. The Morgan fingerprint density at radius 1 is 1.06 bits per heavy atom. The second-order valence-electron chi connectivity index (χ2n) is 11.8. The molecule has 10 nitrogen and oxygen atoms in total. The Morgan fingerprint density at radius 3 is 2.49 bits per heavy atom. The molecule has 0 bridgehead atoms. The lowest BCUT2D eigenvalue weighted by molar-refractivity contribution is -0.175. The summed E-state index contributed by atoms with van der Waals surface area (Å²) in [6.07, 6.45) is 5.26. The van der Waals surface area contributed by atoms with Gasteiger partial charge in [-0.15, -0.1) is 0 Å². The lowest BCUT2D eigenvalue weighted by atomic mass is 9.84. The number of rotatable bonds is 15. The molecule has 0 saturated carbocycles. The van der Waals surface area contributed by atoms with Crippen molar-refractivity contribution in [3.05, 3.63) is 119 Å². The summed E-state index contributed by atoms with van der Waals surface area (Å²) in [4.78, 5) is 49.5. The number of imidazole rings is 1. The molecule has 3 amide bonds. The molecule has 0 unspecified atom stereocenters. The SMILES string of the molecule is CCCCOC1(c2cccc(F)c2)CN(C(=O)[C@H](Cc2ccc(OC)cc2)NC(=O)[C@@H](Cc2cnc[nH]2)c2ccccc2C(N)=O)C1. The van der Waals surface area contributed by atoms with Crippen molar-refractivity contribution in [2.24, 2.45) is 5.73 Å². The van der Waals surface area contributed by atoms with E-state index < -0.39 is 29.4 Å². The average molecular weight is 642 g/mol. The molecule has 1 aliphatic heterocycles. The van der Waals surface area contributed by atoms with Gasteiger partial charge in [0, 0.05) is 36.9 Å². The molecule has 0 aliphatic carbocycles. The minimum absolute atomic E-state index is 0.192. The molecule has 1 aliphatic rings. The molecule has 1 fully saturated rings.